The number of carbonyl (C=O) groups is 1. The molecule has 29 heavy (non-hydrogen) atoms. The molecule has 3 aromatic rings. The first-order valence-electron chi connectivity index (χ1n) is 8.51. The highest BCUT2D eigenvalue weighted by molar-refractivity contribution is 6.00. The average Bonchev–Trinajstić information content (AvgIpc) is 3.05. The fourth-order valence-corrected chi connectivity index (χ4v) is 2.81. The van der Waals surface area contributed by atoms with E-state index in [0.29, 0.717) is 0 Å². The molecule has 0 saturated heterocycles. The number of para-hydroxylation sites is 1. The molecular formula is C21H16F3NO4. The van der Waals surface area contributed by atoms with Crippen LogP contribution in [0.2, 0.25) is 0 Å². The van der Waals surface area contributed by atoms with Crippen molar-refractivity contribution in [3.05, 3.63) is 53.3 Å². The number of phenolic OH excluding ortho intramolecular Hbond substituents is 1. The molecule has 0 radical (unpaired) electrons. The molecule has 0 unspecified atom stereocenters. The van der Waals surface area contributed by atoms with E-state index in [9.17, 15) is 28.3 Å². The van der Waals surface area contributed by atoms with Gasteiger partial charge in [0.05, 0.1) is 11.6 Å². The van der Waals surface area contributed by atoms with E-state index in [1.165, 1.54) is 24.3 Å². The zero-order valence-corrected chi connectivity index (χ0v) is 15.7. The number of fused-ring (bicyclic) bond motifs is 1. The third-order valence-corrected chi connectivity index (χ3v) is 3.97. The maximum atomic E-state index is 13.0. The molecule has 0 bridgehead atoms. The maximum absolute atomic E-state index is 13.0. The quantitative estimate of drug-likeness (QED) is 0.559. The molecule has 0 aliphatic carbocycles. The van der Waals surface area contributed by atoms with Crippen molar-refractivity contribution < 1.29 is 32.2 Å². The van der Waals surface area contributed by atoms with Crippen molar-refractivity contribution in [2.45, 2.75) is 32.5 Å². The summed E-state index contributed by atoms with van der Waals surface area (Å²) in [4.78, 5) is 12.5. The predicted molar refractivity (Wildman–Crippen MR) is 98.2 cm³/mol. The molecule has 150 valence electrons. The van der Waals surface area contributed by atoms with Crippen molar-refractivity contribution in [1.82, 2.24) is 0 Å². The molecule has 1 heterocycles. The van der Waals surface area contributed by atoms with Gasteiger partial charge in [-0.25, -0.2) is 4.79 Å². The molecule has 3 rings (SSSR count). The van der Waals surface area contributed by atoms with Crippen molar-refractivity contribution in [3.8, 4) is 22.9 Å². The molecule has 0 aliphatic rings. The highest BCUT2D eigenvalue weighted by Gasteiger charge is 2.35. The summed E-state index contributed by atoms with van der Waals surface area (Å²) in [5.74, 6) is -2.57. The minimum atomic E-state index is -4.69. The first-order chi connectivity index (χ1) is 13.4. The number of carbonyl (C=O) groups excluding carboxylic acids is 1. The summed E-state index contributed by atoms with van der Waals surface area (Å²) in [7, 11) is 0. The first kappa shape index (κ1) is 20.3. The molecule has 0 saturated carbocycles. The number of ether oxygens (including phenoxy) is 1. The van der Waals surface area contributed by atoms with E-state index in [-0.39, 0.29) is 33.2 Å². The number of hydrogen-bond donors (Lipinski definition) is 1. The number of furan rings is 1. The van der Waals surface area contributed by atoms with E-state index in [0.717, 1.165) is 12.1 Å². The van der Waals surface area contributed by atoms with Crippen LogP contribution in [0.15, 0.2) is 40.8 Å². The van der Waals surface area contributed by atoms with Gasteiger partial charge in [-0.15, -0.1) is 0 Å². The maximum Gasteiger partial charge on any atom is 0.449 e. The summed E-state index contributed by atoms with van der Waals surface area (Å²) in [6, 6.07) is 9.50. The topological polar surface area (TPSA) is 83.5 Å². The van der Waals surface area contributed by atoms with Gasteiger partial charge in [-0.2, -0.15) is 18.4 Å². The Morgan fingerprint density at radius 2 is 1.83 bits per heavy atom. The van der Waals surface area contributed by atoms with Crippen molar-refractivity contribution in [2.75, 3.05) is 0 Å². The van der Waals surface area contributed by atoms with Gasteiger partial charge in [0.25, 0.3) is 0 Å². The Morgan fingerprint density at radius 1 is 1.14 bits per heavy atom. The van der Waals surface area contributed by atoms with Crippen molar-refractivity contribution >= 4 is 16.9 Å². The summed E-state index contributed by atoms with van der Waals surface area (Å²) in [5, 5.41) is 20.2. The molecule has 0 amide bonds. The Balaban J connectivity index is 2.24. The molecule has 5 nitrogen and oxygen atoms in total. The van der Waals surface area contributed by atoms with Crippen LogP contribution >= 0.6 is 0 Å². The van der Waals surface area contributed by atoms with Crippen molar-refractivity contribution in [3.63, 3.8) is 0 Å². The van der Waals surface area contributed by atoms with Gasteiger partial charge < -0.3 is 14.3 Å². The number of hydrogen-bond acceptors (Lipinski definition) is 5. The van der Waals surface area contributed by atoms with E-state index in [1.54, 1.807) is 20.8 Å². The monoisotopic (exact) mass is 403 g/mol. The smallest absolute Gasteiger partial charge is 0.449 e. The predicted octanol–water partition coefficient (Wildman–Crippen LogP) is 5.65. The standard InChI is InChI=1S/C21H16F3NO4/c1-20(2,3)29-19(27)15-8-11(10-25)7-14(17(15)26)13-6-4-5-12-9-16(21(22,23)24)28-18(12)13/h4-9,26H,1-3H3. The van der Waals surface area contributed by atoms with Gasteiger partial charge in [-0.1, -0.05) is 18.2 Å². The highest BCUT2D eigenvalue weighted by atomic mass is 19.4. The molecule has 1 N–H and O–H groups in total. The summed E-state index contributed by atoms with van der Waals surface area (Å²) in [6.45, 7) is 4.91. The van der Waals surface area contributed by atoms with Crippen molar-refractivity contribution in [1.29, 1.82) is 5.26 Å². The molecule has 0 atom stereocenters. The van der Waals surface area contributed by atoms with E-state index < -0.39 is 29.3 Å². The van der Waals surface area contributed by atoms with Crippen LogP contribution in [-0.2, 0) is 10.9 Å². The van der Waals surface area contributed by atoms with E-state index >= 15 is 0 Å². The van der Waals surface area contributed by atoms with Crippen LogP contribution in [0.4, 0.5) is 13.2 Å². The minimum absolute atomic E-state index is 0.0152. The molecule has 8 heteroatoms. The van der Waals surface area contributed by atoms with E-state index in [2.05, 4.69) is 0 Å². The van der Waals surface area contributed by atoms with Gasteiger partial charge in [0.2, 0.25) is 5.76 Å². The number of nitrogens with zero attached hydrogens (tertiary/aromatic N) is 1. The Labute approximate surface area is 163 Å². The lowest BCUT2D eigenvalue weighted by Gasteiger charge is -2.20. The summed E-state index contributed by atoms with van der Waals surface area (Å²) < 4.78 is 49.4. The Bertz CT molecular complexity index is 1150. The van der Waals surface area contributed by atoms with Crippen molar-refractivity contribution in [2.24, 2.45) is 0 Å². The van der Waals surface area contributed by atoms with Crippen LogP contribution in [0.3, 0.4) is 0 Å². The lowest BCUT2D eigenvalue weighted by atomic mass is 9.97. The number of alkyl halides is 3. The Morgan fingerprint density at radius 3 is 2.41 bits per heavy atom. The number of nitriles is 1. The Hall–Kier alpha value is -3.47. The number of esters is 1. The third kappa shape index (κ3) is 4.04. The number of aromatic hydroxyl groups is 1. The third-order valence-electron chi connectivity index (χ3n) is 3.97. The van der Waals surface area contributed by atoms with Crippen LogP contribution in [0.25, 0.3) is 22.1 Å². The van der Waals surface area contributed by atoms with Crippen LogP contribution in [0.5, 0.6) is 5.75 Å². The van der Waals surface area contributed by atoms with Crippen LogP contribution in [0.1, 0.15) is 42.5 Å². The number of phenols is 1. The van der Waals surface area contributed by atoms with Gasteiger partial charge >= 0.3 is 12.1 Å². The van der Waals surface area contributed by atoms with Crippen LogP contribution in [0, 0.1) is 11.3 Å². The molecule has 0 spiro atoms. The van der Waals surface area contributed by atoms with Gasteiger partial charge in [-0.05, 0) is 39.0 Å². The number of halogens is 3. The Kier molecular flexibility index (Phi) is 4.79. The molecule has 2 aromatic carbocycles. The summed E-state index contributed by atoms with van der Waals surface area (Å²) in [6.07, 6.45) is -4.69. The highest BCUT2D eigenvalue weighted by Crippen LogP contribution is 2.41. The average molecular weight is 403 g/mol. The summed E-state index contributed by atoms with van der Waals surface area (Å²) >= 11 is 0. The van der Waals surface area contributed by atoms with Gasteiger partial charge in [0.15, 0.2) is 0 Å². The minimum Gasteiger partial charge on any atom is -0.506 e. The molecular weight excluding hydrogens is 387 g/mol. The second kappa shape index (κ2) is 6.85. The van der Waals surface area contributed by atoms with Crippen LogP contribution < -0.4 is 0 Å². The SMILES string of the molecule is CC(C)(C)OC(=O)c1cc(C#N)cc(-c2cccc3cc(C(F)(F)F)oc23)c1O. The zero-order valence-electron chi connectivity index (χ0n) is 15.7. The fourth-order valence-electron chi connectivity index (χ4n) is 2.81. The van der Waals surface area contributed by atoms with Gasteiger partial charge in [0.1, 0.15) is 22.5 Å². The lowest BCUT2D eigenvalue weighted by molar-refractivity contribution is -0.152. The lowest BCUT2D eigenvalue weighted by Crippen LogP contribution is -2.24. The molecule has 0 fully saturated rings. The van der Waals surface area contributed by atoms with E-state index in [1.807, 2.05) is 6.07 Å². The first-order valence-corrected chi connectivity index (χ1v) is 8.51. The number of benzene rings is 2. The second-order valence-corrected chi connectivity index (χ2v) is 7.37. The largest absolute Gasteiger partial charge is 0.506 e. The molecule has 1 aromatic heterocycles. The number of rotatable bonds is 2. The van der Waals surface area contributed by atoms with Crippen LogP contribution in [-0.4, -0.2) is 16.7 Å². The molecule has 0 aliphatic heterocycles. The zero-order chi connectivity index (χ0) is 21.6. The van der Waals surface area contributed by atoms with Gasteiger partial charge in [-0.3, -0.25) is 0 Å². The summed E-state index contributed by atoms with van der Waals surface area (Å²) in [5.41, 5.74) is -1.13. The second-order valence-electron chi connectivity index (χ2n) is 7.37. The van der Waals surface area contributed by atoms with E-state index in [4.69, 9.17) is 9.15 Å². The fraction of sp³-hybridized carbons (Fsp3) is 0.238. The normalized spacial score (nSPS) is 12.0. The van der Waals surface area contributed by atoms with Gasteiger partial charge in [0, 0.05) is 16.5 Å².